The van der Waals surface area contributed by atoms with Gasteiger partial charge < -0.3 is 9.47 Å². The van der Waals surface area contributed by atoms with Crippen molar-refractivity contribution in [2.75, 3.05) is 19.8 Å². The normalized spacial score (nSPS) is 11.5. The van der Waals surface area contributed by atoms with Crippen molar-refractivity contribution in [3.8, 4) is 0 Å². The van der Waals surface area contributed by atoms with Crippen LogP contribution in [0.1, 0.15) is 27.9 Å². The van der Waals surface area contributed by atoms with Crippen LogP contribution in [0.5, 0.6) is 0 Å². The van der Waals surface area contributed by atoms with Gasteiger partial charge in [-0.15, -0.1) is 11.3 Å². The van der Waals surface area contributed by atoms with Gasteiger partial charge in [0.25, 0.3) is 9.05 Å². The first-order valence-corrected chi connectivity index (χ1v) is 8.78. The Morgan fingerprint density at radius 2 is 2.05 bits per heavy atom. The minimum Gasteiger partial charge on any atom is -0.459 e. The van der Waals surface area contributed by atoms with E-state index in [0.29, 0.717) is 18.1 Å². The molecule has 0 unspecified atom stereocenters. The van der Waals surface area contributed by atoms with E-state index in [-0.39, 0.29) is 16.4 Å². The maximum Gasteiger partial charge on any atom is 0.348 e. The molecule has 0 aliphatic heterocycles. The Hall–Kier alpha value is -0.630. The van der Waals surface area contributed by atoms with Crippen molar-refractivity contribution < 1.29 is 22.7 Å². The van der Waals surface area contributed by atoms with Crippen LogP contribution in [0.2, 0.25) is 0 Å². The molecule has 1 aromatic rings. The molecular formula is C11H15ClO5S2. The van der Waals surface area contributed by atoms with E-state index in [1.54, 1.807) is 6.92 Å². The molecule has 0 bridgehead atoms. The van der Waals surface area contributed by atoms with Crippen LogP contribution in [0, 0.1) is 6.92 Å². The van der Waals surface area contributed by atoms with Gasteiger partial charge in [0.15, 0.2) is 0 Å². The van der Waals surface area contributed by atoms with E-state index in [4.69, 9.17) is 20.2 Å². The van der Waals surface area contributed by atoms with Gasteiger partial charge in [0.05, 0.1) is 11.5 Å². The third-order valence-corrected chi connectivity index (χ3v) is 4.75. The predicted molar refractivity (Wildman–Crippen MR) is 73.5 cm³/mol. The zero-order valence-corrected chi connectivity index (χ0v) is 13.0. The minimum absolute atomic E-state index is 0.0478. The number of carbonyl (C=O) groups excluding carboxylic acids is 1. The fourth-order valence-corrected chi connectivity index (χ4v) is 3.88. The Bertz CT molecular complexity index is 535. The molecule has 19 heavy (non-hydrogen) atoms. The standard InChI is InChI=1S/C11H15ClO5S2/c1-3-4-16-5-6-17-11(13)9-7-10(8(2)18-9)19(12,14)15/h7H,3-6H2,1-2H3. The molecular weight excluding hydrogens is 312 g/mol. The molecule has 0 atom stereocenters. The second kappa shape index (κ2) is 7.23. The largest absolute Gasteiger partial charge is 0.459 e. The molecule has 1 aromatic heterocycles. The summed E-state index contributed by atoms with van der Waals surface area (Å²) >= 11 is 1.04. The maximum absolute atomic E-state index is 11.7. The molecule has 1 rings (SSSR count). The molecule has 1 heterocycles. The van der Waals surface area contributed by atoms with E-state index in [1.807, 2.05) is 6.92 Å². The van der Waals surface area contributed by atoms with E-state index < -0.39 is 15.0 Å². The van der Waals surface area contributed by atoms with Crippen LogP contribution in [0.3, 0.4) is 0 Å². The highest BCUT2D eigenvalue weighted by molar-refractivity contribution is 8.13. The molecule has 5 nitrogen and oxygen atoms in total. The highest BCUT2D eigenvalue weighted by atomic mass is 35.7. The van der Waals surface area contributed by atoms with Gasteiger partial charge in [-0.2, -0.15) is 0 Å². The third-order valence-electron chi connectivity index (χ3n) is 2.15. The van der Waals surface area contributed by atoms with Crippen LogP contribution >= 0.6 is 22.0 Å². The molecule has 0 N–H and O–H groups in total. The van der Waals surface area contributed by atoms with Crippen LogP contribution in [0.25, 0.3) is 0 Å². The van der Waals surface area contributed by atoms with Gasteiger partial charge in [-0.1, -0.05) is 6.92 Å². The van der Waals surface area contributed by atoms with Crippen LogP contribution in [0.4, 0.5) is 0 Å². The molecule has 0 aliphatic rings. The van der Waals surface area contributed by atoms with Crippen molar-refractivity contribution >= 4 is 37.0 Å². The number of esters is 1. The van der Waals surface area contributed by atoms with E-state index in [1.165, 1.54) is 6.07 Å². The highest BCUT2D eigenvalue weighted by Gasteiger charge is 2.20. The second-order valence-corrected chi connectivity index (χ2v) is 7.51. The maximum atomic E-state index is 11.7. The summed E-state index contributed by atoms with van der Waals surface area (Å²) in [6.07, 6.45) is 0.898. The first-order valence-electron chi connectivity index (χ1n) is 5.66. The van der Waals surface area contributed by atoms with Gasteiger partial charge in [-0.25, -0.2) is 13.2 Å². The lowest BCUT2D eigenvalue weighted by Crippen LogP contribution is -2.10. The lowest BCUT2D eigenvalue weighted by molar-refractivity contribution is 0.0323. The lowest BCUT2D eigenvalue weighted by atomic mass is 10.4. The summed E-state index contributed by atoms with van der Waals surface area (Å²) < 4.78 is 32.6. The molecule has 0 aromatic carbocycles. The topological polar surface area (TPSA) is 69.7 Å². The number of rotatable bonds is 7. The Kier molecular flexibility index (Phi) is 6.25. The number of hydrogen-bond acceptors (Lipinski definition) is 6. The Morgan fingerprint density at radius 3 is 2.58 bits per heavy atom. The summed E-state index contributed by atoms with van der Waals surface area (Å²) in [6, 6.07) is 1.23. The summed E-state index contributed by atoms with van der Waals surface area (Å²) in [5, 5.41) is 0. The van der Waals surface area contributed by atoms with E-state index in [0.717, 1.165) is 17.8 Å². The second-order valence-electron chi connectivity index (χ2n) is 3.72. The van der Waals surface area contributed by atoms with Crippen molar-refractivity contribution in [3.05, 3.63) is 15.8 Å². The molecule has 8 heteroatoms. The zero-order valence-electron chi connectivity index (χ0n) is 10.6. The number of carbonyl (C=O) groups is 1. The number of hydrogen-bond donors (Lipinski definition) is 0. The molecule has 0 saturated carbocycles. The summed E-state index contributed by atoms with van der Waals surface area (Å²) in [4.78, 5) is 12.3. The molecule has 0 amide bonds. The Labute approximate surface area is 120 Å². The van der Waals surface area contributed by atoms with E-state index in [9.17, 15) is 13.2 Å². The quantitative estimate of drug-likeness (QED) is 0.437. The van der Waals surface area contributed by atoms with Crippen LogP contribution in [-0.4, -0.2) is 34.2 Å². The fraction of sp³-hybridized carbons (Fsp3) is 0.545. The zero-order chi connectivity index (χ0) is 14.5. The van der Waals surface area contributed by atoms with E-state index in [2.05, 4.69) is 0 Å². The van der Waals surface area contributed by atoms with Gasteiger partial charge in [-0.05, 0) is 19.4 Å². The van der Waals surface area contributed by atoms with Crippen molar-refractivity contribution in [1.82, 2.24) is 0 Å². The Balaban J connectivity index is 2.59. The first-order chi connectivity index (χ1) is 8.86. The summed E-state index contributed by atoms with van der Waals surface area (Å²) in [7, 11) is 1.42. The van der Waals surface area contributed by atoms with Crippen molar-refractivity contribution in [3.63, 3.8) is 0 Å². The van der Waals surface area contributed by atoms with Gasteiger partial charge in [0.2, 0.25) is 0 Å². The SMILES string of the molecule is CCCOCCOC(=O)c1cc(S(=O)(=O)Cl)c(C)s1. The third kappa shape index (κ3) is 5.10. The van der Waals surface area contributed by atoms with Crippen LogP contribution in [-0.2, 0) is 18.5 Å². The first kappa shape index (κ1) is 16.4. The molecule has 0 spiro atoms. The summed E-state index contributed by atoms with van der Waals surface area (Å²) in [5.74, 6) is -0.570. The number of halogens is 1. The van der Waals surface area contributed by atoms with Gasteiger partial charge in [-0.3, -0.25) is 0 Å². The summed E-state index contributed by atoms with van der Waals surface area (Å²) in [5.41, 5.74) is 0. The highest BCUT2D eigenvalue weighted by Crippen LogP contribution is 2.28. The van der Waals surface area contributed by atoms with Crippen LogP contribution in [0.15, 0.2) is 11.0 Å². The van der Waals surface area contributed by atoms with Gasteiger partial charge >= 0.3 is 5.97 Å². The van der Waals surface area contributed by atoms with Gasteiger partial charge in [0, 0.05) is 22.2 Å². The molecule has 0 aliphatic carbocycles. The minimum atomic E-state index is -3.83. The number of aryl methyl sites for hydroxylation is 1. The molecule has 0 radical (unpaired) electrons. The fourth-order valence-electron chi connectivity index (χ4n) is 1.32. The van der Waals surface area contributed by atoms with Crippen molar-refractivity contribution in [2.45, 2.75) is 25.2 Å². The van der Waals surface area contributed by atoms with E-state index >= 15 is 0 Å². The molecule has 0 fully saturated rings. The monoisotopic (exact) mass is 326 g/mol. The Morgan fingerprint density at radius 1 is 1.37 bits per heavy atom. The van der Waals surface area contributed by atoms with Crippen LogP contribution < -0.4 is 0 Å². The number of ether oxygens (including phenoxy) is 2. The van der Waals surface area contributed by atoms with Crippen molar-refractivity contribution in [2.24, 2.45) is 0 Å². The average molecular weight is 327 g/mol. The van der Waals surface area contributed by atoms with Gasteiger partial charge in [0.1, 0.15) is 11.5 Å². The number of thiophene rings is 1. The lowest BCUT2D eigenvalue weighted by Gasteiger charge is -2.03. The smallest absolute Gasteiger partial charge is 0.348 e. The predicted octanol–water partition coefficient (Wildman–Crippen LogP) is 2.57. The molecule has 0 saturated heterocycles. The van der Waals surface area contributed by atoms with Crippen molar-refractivity contribution in [1.29, 1.82) is 0 Å². The molecule has 108 valence electrons. The average Bonchev–Trinajstić information content (AvgIpc) is 2.70. The summed E-state index contributed by atoms with van der Waals surface area (Å²) in [6.45, 7) is 4.64.